The molecule has 7 heteroatoms. The van der Waals surface area contributed by atoms with Gasteiger partial charge in [0, 0.05) is 24.0 Å². The van der Waals surface area contributed by atoms with E-state index in [0.29, 0.717) is 36.5 Å². The SMILES string of the molecule is CCC(NC(=O)C1CCN(S(=O)(=O)Cc2cccc(Cl)c2)CC1)c1ccc(C)cc1. The lowest BCUT2D eigenvalue weighted by Crippen LogP contribution is -2.44. The molecule has 2 aromatic carbocycles. The summed E-state index contributed by atoms with van der Waals surface area (Å²) in [5.41, 5.74) is 2.95. The molecule has 1 amide bonds. The maximum Gasteiger partial charge on any atom is 0.223 e. The van der Waals surface area contributed by atoms with E-state index in [1.54, 1.807) is 24.3 Å². The predicted octanol–water partition coefficient (Wildman–Crippen LogP) is 4.46. The molecule has 1 fully saturated rings. The zero-order valence-electron chi connectivity index (χ0n) is 17.5. The maximum atomic E-state index is 12.8. The van der Waals surface area contributed by atoms with Gasteiger partial charge in [0.2, 0.25) is 15.9 Å². The fourth-order valence-electron chi connectivity index (χ4n) is 3.83. The van der Waals surface area contributed by atoms with Crippen molar-refractivity contribution in [3.8, 4) is 0 Å². The molecular formula is C23H29ClN2O3S. The molecule has 162 valence electrons. The highest BCUT2D eigenvalue weighted by Crippen LogP contribution is 2.24. The fraction of sp³-hybridized carbons (Fsp3) is 0.435. The van der Waals surface area contributed by atoms with E-state index in [1.807, 2.05) is 19.1 Å². The molecule has 30 heavy (non-hydrogen) atoms. The van der Waals surface area contributed by atoms with Crippen LogP contribution in [0.2, 0.25) is 5.02 Å². The molecule has 0 radical (unpaired) electrons. The lowest BCUT2D eigenvalue weighted by Gasteiger charge is -2.31. The molecule has 0 bridgehead atoms. The first-order chi connectivity index (χ1) is 14.3. The Morgan fingerprint density at radius 2 is 1.83 bits per heavy atom. The molecule has 3 rings (SSSR count). The minimum atomic E-state index is -3.43. The summed E-state index contributed by atoms with van der Waals surface area (Å²) in [5, 5.41) is 3.68. The third kappa shape index (κ3) is 5.84. The first kappa shape index (κ1) is 22.8. The molecule has 0 aromatic heterocycles. The number of benzene rings is 2. The number of aryl methyl sites for hydroxylation is 1. The normalized spacial score (nSPS) is 16.9. The standard InChI is InChI=1S/C23H29ClN2O3S/c1-3-22(19-9-7-17(2)8-10-19)25-23(27)20-11-13-26(14-12-20)30(28,29)16-18-5-4-6-21(24)15-18/h4-10,15,20,22H,3,11-14,16H2,1-2H3,(H,25,27). The van der Waals surface area contributed by atoms with Gasteiger partial charge in [-0.2, -0.15) is 0 Å². The van der Waals surface area contributed by atoms with Crippen LogP contribution in [0, 0.1) is 12.8 Å². The smallest absolute Gasteiger partial charge is 0.223 e. The number of hydrogen-bond acceptors (Lipinski definition) is 3. The van der Waals surface area contributed by atoms with Gasteiger partial charge in [-0.05, 0) is 49.4 Å². The van der Waals surface area contributed by atoms with Gasteiger partial charge in [0.05, 0.1) is 11.8 Å². The van der Waals surface area contributed by atoms with Crippen molar-refractivity contribution in [3.05, 3.63) is 70.2 Å². The molecule has 1 N–H and O–H groups in total. The van der Waals surface area contributed by atoms with E-state index >= 15 is 0 Å². The van der Waals surface area contributed by atoms with Crippen molar-refractivity contribution >= 4 is 27.5 Å². The number of amides is 1. The zero-order chi connectivity index (χ0) is 21.7. The van der Waals surface area contributed by atoms with E-state index in [-0.39, 0.29) is 23.6 Å². The molecule has 0 aliphatic carbocycles. The summed E-state index contributed by atoms with van der Waals surface area (Å²) < 4.78 is 27.0. The number of carbonyl (C=O) groups is 1. The molecule has 1 unspecified atom stereocenters. The third-order valence-electron chi connectivity index (χ3n) is 5.66. The summed E-state index contributed by atoms with van der Waals surface area (Å²) >= 11 is 5.97. The van der Waals surface area contributed by atoms with Crippen molar-refractivity contribution in [2.45, 2.75) is 44.9 Å². The van der Waals surface area contributed by atoms with Crippen LogP contribution in [-0.4, -0.2) is 31.7 Å². The van der Waals surface area contributed by atoms with Crippen LogP contribution in [0.1, 0.15) is 48.9 Å². The molecule has 1 atom stereocenters. The van der Waals surface area contributed by atoms with Crippen molar-refractivity contribution < 1.29 is 13.2 Å². The highest BCUT2D eigenvalue weighted by atomic mass is 35.5. The molecule has 1 heterocycles. The average molecular weight is 449 g/mol. The van der Waals surface area contributed by atoms with Crippen LogP contribution in [0.25, 0.3) is 0 Å². The number of nitrogens with one attached hydrogen (secondary N) is 1. The van der Waals surface area contributed by atoms with E-state index in [2.05, 4.69) is 24.4 Å². The fourth-order valence-corrected chi connectivity index (χ4v) is 5.60. The summed E-state index contributed by atoms with van der Waals surface area (Å²) in [6.45, 7) is 4.82. The molecule has 1 aliphatic heterocycles. The molecule has 2 aromatic rings. The van der Waals surface area contributed by atoms with Crippen LogP contribution < -0.4 is 5.32 Å². The van der Waals surface area contributed by atoms with Crippen molar-refractivity contribution in [1.82, 2.24) is 9.62 Å². The number of sulfonamides is 1. The zero-order valence-corrected chi connectivity index (χ0v) is 19.0. The molecule has 1 saturated heterocycles. The van der Waals surface area contributed by atoms with Crippen LogP contribution in [-0.2, 0) is 20.6 Å². The van der Waals surface area contributed by atoms with Gasteiger partial charge in [-0.15, -0.1) is 0 Å². The highest BCUT2D eigenvalue weighted by molar-refractivity contribution is 7.88. The van der Waals surface area contributed by atoms with Crippen LogP contribution in [0.15, 0.2) is 48.5 Å². The van der Waals surface area contributed by atoms with Crippen LogP contribution in [0.3, 0.4) is 0 Å². The Bertz CT molecular complexity index is 968. The minimum absolute atomic E-state index is 0.00862. The Balaban J connectivity index is 1.56. The van der Waals surface area contributed by atoms with Gasteiger partial charge in [-0.3, -0.25) is 4.79 Å². The van der Waals surface area contributed by atoms with Crippen LogP contribution >= 0.6 is 11.6 Å². The summed E-state index contributed by atoms with van der Waals surface area (Å²) in [7, 11) is -3.43. The number of halogens is 1. The monoisotopic (exact) mass is 448 g/mol. The average Bonchev–Trinajstić information content (AvgIpc) is 2.72. The van der Waals surface area contributed by atoms with E-state index < -0.39 is 10.0 Å². The minimum Gasteiger partial charge on any atom is -0.349 e. The van der Waals surface area contributed by atoms with E-state index in [1.165, 1.54) is 9.87 Å². The van der Waals surface area contributed by atoms with Crippen molar-refractivity contribution in [1.29, 1.82) is 0 Å². The Morgan fingerprint density at radius 1 is 1.17 bits per heavy atom. The highest BCUT2D eigenvalue weighted by Gasteiger charge is 2.31. The van der Waals surface area contributed by atoms with Gasteiger partial charge in [0.1, 0.15) is 0 Å². The second kappa shape index (κ2) is 9.94. The predicted molar refractivity (Wildman–Crippen MR) is 121 cm³/mol. The summed E-state index contributed by atoms with van der Waals surface area (Å²) in [6, 6.07) is 15.1. The van der Waals surface area contributed by atoms with Crippen LogP contribution in [0.4, 0.5) is 0 Å². The Morgan fingerprint density at radius 3 is 2.43 bits per heavy atom. The van der Waals surface area contributed by atoms with Gasteiger partial charge in [-0.1, -0.05) is 60.5 Å². The first-order valence-electron chi connectivity index (χ1n) is 10.4. The number of piperidine rings is 1. The van der Waals surface area contributed by atoms with Crippen molar-refractivity contribution in [3.63, 3.8) is 0 Å². The van der Waals surface area contributed by atoms with E-state index in [4.69, 9.17) is 11.6 Å². The van der Waals surface area contributed by atoms with Crippen molar-refractivity contribution in [2.75, 3.05) is 13.1 Å². The molecule has 1 aliphatic rings. The Kier molecular flexibility index (Phi) is 7.55. The molecule has 0 saturated carbocycles. The van der Waals surface area contributed by atoms with Gasteiger partial charge in [0.25, 0.3) is 0 Å². The van der Waals surface area contributed by atoms with Gasteiger partial charge >= 0.3 is 0 Å². The Labute approximate surface area is 184 Å². The summed E-state index contributed by atoms with van der Waals surface area (Å²) in [5.74, 6) is -0.230. The lowest BCUT2D eigenvalue weighted by molar-refractivity contribution is -0.126. The van der Waals surface area contributed by atoms with Gasteiger partial charge in [-0.25, -0.2) is 12.7 Å². The Hall–Kier alpha value is -1.89. The second-order valence-corrected chi connectivity index (χ2v) is 10.3. The number of carbonyl (C=O) groups excluding carboxylic acids is 1. The molecule has 0 spiro atoms. The lowest BCUT2D eigenvalue weighted by atomic mass is 9.95. The summed E-state index contributed by atoms with van der Waals surface area (Å²) in [4.78, 5) is 12.8. The van der Waals surface area contributed by atoms with Gasteiger partial charge < -0.3 is 5.32 Å². The van der Waals surface area contributed by atoms with E-state index in [9.17, 15) is 13.2 Å². The number of hydrogen-bond donors (Lipinski definition) is 1. The number of nitrogens with zero attached hydrogens (tertiary/aromatic N) is 1. The topological polar surface area (TPSA) is 66.5 Å². The van der Waals surface area contributed by atoms with E-state index in [0.717, 1.165) is 12.0 Å². The second-order valence-electron chi connectivity index (χ2n) is 7.94. The first-order valence-corrected chi connectivity index (χ1v) is 12.4. The summed E-state index contributed by atoms with van der Waals surface area (Å²) in [6.07, 6.45) is 1.87. The van der Waals surface area contributed by atoms with Crippen LogP contribution in [0.5, 0.6) is 0 Å². The molecular weight excluding hydrogens is 420 g/mol. The largest absolute Gasteiger partial charge is 0.349 e. The van der Waals surface area contributed by atoms with Gasteiger partial charge in [0.15, 0.2) is 0 Å². The number of rotatable bonds is 7. The third-order valence-corrected chi connectivity index (χ3v) is 7.75. The molecule has 5 nitrogen and oxygen atoms in total. The maximum absolute atomic E-state index is 12.8. The van der Waals surface area contributed by atoms with Crippen molar-refractivity contribution in [2.24, 2.45) is 5.92 Å². The quantitative estimate of drug-likeness (QED) is 0.680.